The molecule has 7 heteroatoms. The normalized spacial score (nSPS) is 11.0. The van der Waals surface area contributed by atoms with Crippen LogP contribution in [-0.4, -0.2) is 49.1 Å². The highest BCUT2D eigenvalue weighted by Crippen LogP contribution is 2.41. The Kier molecular flexibility index (Phi) is 7.84. The predicted molar refractivity (Wildman–Crippen MR) is 142 cm³/mol. The van der Waals surface area contributed by atoms with Crippen molar-refractivity contribution >= 4 is 29.4 Å². The van der Waals surface area contributed by atoms with Gasteiger partial charge in [0.25, 0.3) is 0 Å². The number of rotatable bonds is 8. The molecule has 6 nitrogen and oxygen atoms in total. The number of aromatic nitrogens is 1. The summed E-state index contributed by atoms with van der Waals surface area (Å²) in [5.41, 5.74) is 6.48. The van der Waals surface area contributed by atoms with Crippen molar-refractivity contribution in [1.29, 1.82) is 0 Å². The van der Waals surface area contributed by atoms with Crippen molar-refractivity contribution in [2.75, 3.05) is 37.5 Å². The van der Waals surface area contributed by atoms with Crippen LogP contribution >= 0.6 is 11.6 Å². The summed E-state index contributed by atoms with van der Waals surface area (Å²) < 4.78 is 0. The number of halogens is 1. The second-order valence-corrected chi connectivity index (χ2v) is 8.90. The molecule has 0 radical (unpaired) electrons. The van der Waals surface area contributed by atoms with Crippen LogP contribution in [0.5, 0.6) is 5.75 Å². The molecule has 0 bridgehead atoms. The molecule has 0 aliphatic rings. The summed E-state index contributed by atoms with van der Waals surface area (Å²) >= 11 is 6.56. The largest absolute Gasteiger partial charge is 0.507 e. The van der Waals surface area contributed by atoms with E-state index in [1.54, 1.807) is 30.7 Å². The number of hydrogen-bond donors (Lipinski definition) is 1. The molecule has 0 aliphatic heterocycles. The van der Waals surface area contributed by atoms with E-state index in [0.717, 1.165) is 34.6 Å². The Morgan fingerprint density at radius 3 is 2.24 bits per heavy atom. The zero-order valence-corrected chi connectivity index (χ0v) is 21.3. The second-order valence-electron chi connectivity index (χ2n) is 8.49. The first-order chi connectivity index (χ1) is 16.2. The smallest absolute Gasteiger partial charge is 0.218 e. The van der Waals surface area contributed by atoms with Gasteiger partial charge in [-0.25, -0.2) is 0 Å². The van der Waals surface area contributed by atoms with Crippen molar-refractivity contribution in [2.45, 2.75) is 20.8 Å². The number of phenolic OH excluding ortho intramolecular Hbond substituents is 1. The summed E-state index contributed by atoms with van der Waals surface area (Å²) in [7, 11) is 5.76. The summed E-state index contributed by atoms with van der Waals surface area (Å²) in [5, 5.41) is 11.7. The Morgan fingerprint density at radius 1 is 0.971 bits per heavy atom. The van der Waals surface area contributed by atoms with Crippen molar-refractivity contribution in [3.8, 4) is 28.0 Å². The molecule has 1 N–H and O–H groups in total. The number of benzene rings is 2. The van der Waals surface area contributed by atoms with Gasteiger partial charge in [-0.05, 0) is 62.2 Å². The van der Waals surface area contributed by atoms with Crippen LogP contribution < -0.4 is 9.80 Å². The van der Waals surface area contributed by atoms with E-state index in [4.69, 9.17) is 11.6 Å². The van der Waals surface area contributed by atoms with E-state index in [-0.39, 0.29) is 5.75 Å². The number of carbonyl (C=O) groups is 1. The number of pyridine rings is 1. The minimum absolute atomic E-state index is 0.157. The molecule has 0 atom stereocenters. The number of aromatic hydroxyl groups is 1. The average molecular weight is 479 g/mol. The number of hydrogen-bond acceptors (Lipinski definition) is 5. The van der Waals surface area contributed by atoms with Crippen molar-refractivity contribution in [2.24, 2.45) is 0 Å². The van der Waals surface area contributed by atoms with E-state index in [0.29, 0.717) is 28.2 Å². The van der Waals surface area contributed by atoms with E-state index < -0.39 is 0 Å². The minimum Gasteiger partial charge on any atom is -0.507 e. The van der Waals surface area contributed by atoms with Crippen molar-refractivity contribution in [3.63, 3.8) is 0 Å². The predicted octanol–water partition coefficient (Wildman–Crippen LogP) is 5.84. The number of anilines is 2. The van der Waals surface area contributed by atoms with Gasteiger partial charge in [-0.3, -0.25) is 14.7 Å². The molecule has 0 spiro atoms. The highest BCUT2D eigenvalue weighted by molar-refractivity contribution is 6.34. The summed E-state index contributed by atoms with van der Waals surface area (Å²) in [6.45, 7) is 6.91. The summed E-state index contributed by atoms with van der Waals surface area (Å²) in [4.78, 5) is 21.5. The fraction of sp³-hybridized carbons (Fsp3) is 0.259. The van der Waals surface area contributed by atoms with Crippen LogP contribution in [0.1, 0.15) is 18.2 Å². The van der Waals surface area contributed by atoms with Crippen LogP contribution in [0.4, 0.5) is 11.4 Å². The molecule has 3 rings (SSSR count). The van der Waals surface area contributed by atoms with Crippen LogP contribution in [0.25, 0.3) is 22.3 Å². The standard InChI is InChI=1S/C27H31ClN4O2/c1-7-31(6)26-15-21(16-29-19(26)3)23-13-18(2)12-22(27(23)34)20-8-9-25(24(28)14-20)32(17-33)11-10-30(4)5/h8-17,34H,7H2,1-6H3/b11-10-. The molecule has 2 aromatic carbocycles. The van der Waals surface area contributed by atoms with Gasteiger partial charge in [0.1, 0.15) is 5.75 Å². The third-order valence-electron chi connectivity index (χ3n) is 5.69. The first-order valence-corrected chi connectivity index (χ1v) is 11.4. The van der Waals surface area contributed by atoms with Crippen molar-refractivity contribution in [1.82, 2.24) is 9.88 Å². The average Bonchev–Trinajstić information content (AvgIpc) is 2.81. The molecule has 34 heavy (non-hydrogen) atoms. The zero-order valence-electron chi connectivity index (χ0n) is 20.5. The minimum atomic E-state index is 0.157. The zero-order chi connectivity index (χ0) is 25.0. The van der Waals surface area contributed by atoms with Crippen molar-refractivity contribution in [3.05, 3.63) is 71.3 Å². The molecular formula is C27H31ClN4O2. The van der Waals surface area contributed by atoms with Crippen LogP contribution in [0, 0.1) is 13.8 Å². The highest BCUT2D eigenvalue weighted by atomic mass is 35.5. The molecule has 1 heterocycles. The van der Waals surface area contributed by atoms with Gasteiger partial charge < -0.3 is 14.9 Å². The lowest BCUT2D eigenvalue weighted by molar-refractivity contribution is -0.106. The topological polar surface area (TPSA) is 59.9 Å². The number of amides is 1. The van der Waals surface area contributed by atoms with Crippen LogP contribution in [-0.2, 0) is 4.79 Å². The fourth-order valence-electron chi connectivity index (χ4n) is 3.71. The quantitative estimate of drug-likeness (QED) is 0.412. The maximum Gasteiger partial charge on any atom is 0.218 e. The van der Waals surface area contributed by atoms with Gasteiger partial charge >= 0.3 is 0 Å². The van der Waals surface area contributed by atoms with Gasteiger partial charge in [-0.2, -0.15) is 0 Å². The van der Waals surface area contributed by atoms with E-state index in [1.165, 1.54) is 4.90 Å². The Bertz CT molecular complexity index is 1220. The number of aryl methyl sites for hydroxylation is 2. The molecule has 0 aliphatic carbocycles. The van der Waals surface area contributed by atoms with Crippen LogP contribution in [0.2, 0.25) is 5.02 Å². The van der Waals surface area contributed by atoms with Gasteiger partial charge in [-0.15, -0.1) is 0 Å². The highest BCUT2D eigenvalue weighted by Gasteiger charge is 2.17. The van der Waals surface area contributed by atoms with E-state index in [9.17, 15) is 9.90 Å². The van der Waals surface area contributed by atoms with E-state index in [2.05, 4.69) is 22.9 Å². The lowest BCUT2D eigenvalue weighted by Crippen LogP contribution is -2.17. The van der Waals surface area contributed by atoms with Gasteiger partial charge in [0.2, 0.25) is 6.41 Å². The molecule has 0 saturated carbocycles. The lowest BCUT2D eigenvalue weighted by Gasteiger charge is -2.20. The molecule has 0 saturated heterocycles. The molecule has 0 fully saturated rings. The summed E-state index contributed by atoms with van der Waals surface area (Å²) in [6, 6.07) is 11.3. The SMILES string of the molecule is CCN(C)c1cc(-c2cc(C)cc(-c3ccc(N(C=O)/C=C\N(C)C)c(Cl)c3)c2O)cnc1C. The van der Waals surface area contributed by atoms with Gasteiger partial charge in [0.15, 0.2) is 0 Å². The Hall–Kier alpha value is -3.51. The number of carbonyl (C=O) groups excluding carboxylic acids is 1. The molecule has 1 aromatic heterocycles. The molecule has 1 amide bonds. The molecule has 178 valence electrons. The monoisotopic (exact) mass is 478 g/mol. The molecule has 3 aromatic rings. The Labute approximate surface area is 206 Å². The third-order valence-corrected chi connectivity index (χ3v) is 5.99. The van der Waals surface area contributed by atoms with Crippen molar-refractivity contribution < 1.29 is 9.90 Å². The Balaban J connectivity index is 2.08. The summed E-state index contributed by atoms with van der Waals surface area (Å²) in [6.07, 6.45) is 5.90. The number of nitrogens with zero attached hydrogens (tertiary/aromatic N) is 4. The van der Waals surface area contributed by atoms with Gasteiger partial charge in [0, 0.05) is 63.0 Å². The second kappa shape index (κ2) is 10.6. The van der Waals surface area contributed by atoms with Crippen LogP contribution in [0.15, 0.2) is 55.0 Å². The Morgan fingerprint density at radius 2 is 1.65 bits per heavy atom. The van der Waals surface area contributed by atoms with E-state index >= 15 is 0 Å². The first kappa shape index (κ1) is 25.1. The van der Waals surface area contributed by atoms with E-state index in [1.807, 2.05) is 58.1 Å². The summed E-state index contributed by atoms with van der Waals surface area (Å²) in [5.74, 6) is 0.157. The maximum absolute atomic E-state index is 11.6. The maximum atomic E-state index is 11.6. The lowest BCUT2D eigenvalue weighted by atomic mass is 9.95. The first-order valence-electron chi connectivity index (χ1n) is 11.1. The molecular weight excluding hydrogens is 448 g/mol. The number of phenols is 1. The van der Waals surface area contributed by atoms with Gasteiger partial charge in [0.05, 0.1) is 22.1 Å². The van der Waals surface area contributed by atoms with Crippen LogP contribution in [0.3, 0.4) is 0 Å². The van der Waals surface area contributed by atoms with Gasteiger partial charge in [-0.1, -0.05) is 17.7 Å². The molecule has 0 unspecified atom stereocenters. The fourth-order valence-corrected chi connectivity index (χ4v) is 3.98. The third kappa shape index (κ3) is 5.34.